The van der Waals surface area contributed by atoms with Crippen molar-refractivity contribution in [3.8, 4) is 0 Å². The second-order valence-corrected chi connectivity index (χ2v) is 8.06. The Bertz CT molecular complexity index is 604. The molecule has 0 radical (unpaired) electrons. The van der Waals surface area contributed by atoms with Gasteiger partial charge in [-0.3, -0.25) is 9.59 Å². The fraction of sp³-hybridized carbons (Fsp3) is 0.619. The molecule has 132 valence electrons. The highest BCUT2D eigenvalue weighted by atomic mass is 16.5. The largest absolute Gasteiger partial charge is 0.454 e. The van der Waals surface area contributed by atoms with Crippen molar-refractivity contribution in [2.24, 2.45) is 5.92 Å². The number of hydrogen-bond donors (Lipinski definition) is 0. The van der Waals surface area contributed by atoms with E-state index in [2.05, 4.69) is 26.8 Å². The summed E-state index contributed by atoms with van der Waals surface area (Å²) in [4.78, 5) is 24.9. The van der Waals surface area contributed by atoms with Crippen LogP contribution in [0.15, 0.2) is 18.2 Å². The molecule has 0 N–H and O–H groups in total. The van der Waals surface area contributed by atoms with Crippen LogP contribution in [0.5, 0.6) is 0 Å². The minimum absolute atomic E-state index is 0.0293. The van der Waals surface area contributed by atoms with Crippen LogP contribution in [0.2, 0.25) is 0 Å². The quantitative estimate of drug-likeness (QED) is 0.577. The number of benzene rings is 1. The lowest BCUT2D eigenvalue weighted by molar-refractivity contribution is -0.152. The molecule has 3 nitrogen and oxygen atoms in total. The molecule has 0 aliphatic heterocycles. The van der Waals surface area contributed by atoms with Gasteiger partial charge < -0.3 is 4.74 Å². The second kappa shape index (κ2) is 7.50. The number of Topliss-reactive ketones (excluding diaryl/α,β-unsaturated/α-hetero) is 1. The first kappa shape index (κ1) is 18.7. The van der Waals surface area contributed by atoms with Gasteiger partial charge in [-0.15, -0.1) is 0 Å². The molecule has 24 heavy (non-hydrogen) atoms. The van der Waals surface area contributed by atoms with Gasteiger partial charge in [-0.1, -0.05) is 58.2 Å². The first-order chi connectivity index (χ1) is 11.2. The summed E-state index contributed by atoms with van der Waals surface area (Å²) in [7, 11) is 0. The van der Waals surface area contributed by atoms with Crippen molar-refractivity contribution in [1.29, 1.82) is 0 Å². The molecule has 0 heterocycles. The standard InChI is InChI=1S/C21H30O3/c1-14-13-17(21(3,4)5)11-12-18(14)19(22)15(2)24-20(23)16-9-7-6-8-10-16/h11-13,15-16H,6-10H2,1-5H3. The van der Waals surface area contributed by atoms with Crippen molar-refractivity contribution in [2.45, 2.75) is 78.2 Å². The summed E-state index contributed by atoms with van der Waals surface area (Å²) < 4.78 is 5.47. The number of rotatable bonds is 4. The van der Waals surface area contributed by atoms with Crippen molar-refractivity contribution in [2.75, 3.05) is 0 Å². The lowest BCUT2D eigenvalue weighted by Gasteiger charge is -2.23. The Morgan fingerprint density at radius 1 is 1.12 bits per heavy atom. The van der Waals surface area contributed by atoms with Gasteiger partial charge in [-0.25, -0.2) is 0 Å². The summed E-state index contributed by atoms with van der Waals surface area (Å²) in [5, 5.41) is 0. The number of carbonyl (C=O) groups excluding carboxylic acids is 2. The molecule has 2 rings (SSSR count). The zero-order valence-electron chi connectivity index (χ0n) is 15.6. The Labute approximate surface area is 145 Å². The first-order valence-corrected chi connectivity index (χ1v) is 9.06. The van der Waals surface area contributed by atoms with E-state index in [4.69, 9.17) is 4.74 Å². The van der Waals surface area contributed by atoms with Gasteiger partial charge >= 0.3 is 5.97 Å². The van der Waals surface area contributed by atoms with Gasteiger partial charge in [0.05, 0.1) is 5.92 Å². The number of hydrogen-bond acceptors (Lipinski definition) is 3. The summed E-state index contributed by atoms with van der Waals surface area (Å²) in [5.74, 6) is -0.352. The summed E-state index contributed by atoms with van der Waals surface area (Å²) in [6, 6.07) is 5.92. The highest BCUT2D eigenvalue weighted by Crippen LogP contribution is 2.27. The third kappa shape index (κ3) is 4.46. The molecule has 1 atom stereocenters. The fourth-order valence-electron chi connectivity index (χ4n) is 3.29. The van der Waals surface area contributed by atoms with Crippen LogP contribution < -0.4 is 0 Å². The van der Waals surface area contributed by atoms with Crippen LogP contribution in [-0.2, 0) is 14.9 Å². The molecule has 0 saturated heterocycles. The van der Waals surface area contributed by atoms with Crippen LogP contribution in [0.1, 0.15) is 81.3 Å². The lowest BCUT2D eigenvalue weighted by atomic mass is 9.84. The summed E-state index contributed by atoms with van der Waals surface area (Å²) in [6.07, 6.45) is 4.40. The highest BCUT2D eigenvalue weighted by molar-refractivity contribution is 6.01. The van der Waals surface area contributed by atoms with E-state index < -0.39 is 6.10 Å². The Kier molecular flexibility index (Phi) is 5.84. The van der Waals surface area contributed by atoms with E-state index in [1.807, 2.05) is 19.1 Å². The average Bonchev–Trinajstić information content (AvgIpc) is 2.54. The third-order valence-corrected chi connectivity index (χ3v) is 4.96. The first-order valence-electron chi connectivity index (χ1n) is 9.06. The molecule has 1 aromatic carbocycles. The van der Waals surface area contributed by atoms with Gasteiger partial charge in [-0.2, -0.15) is 0 Å². The predicted molar refractivity (Wildman–Crippen MR) is 96.3 cm³/mol. The summed E-state index contributed by atoms with van der Waals surface area (Å²) >= 11 is 0. The molecule has 1 fully saturated rings. The smallest absolute Gasteiger partial charge is 0.309 e. The van der Waals surface area contributed by atoms with E-state index in [0.717, 1.165) is 31.2 Å². The number of esters is 1. The van der Waals surface area contributed by atoms with E-state index in [-0.39, 0.29) is 23.1 Å². The molecule has 1 unspecified atom stereocenters. The molecule has 1 aliphatic rings. The van der Waals surface area contributed by atoms with E-state index in [1.54, 1.807) is 6.92 Å². The van der Waals surface area contributed by atoms with E-state index >= 15 is 0 Å². The maximum Gasteiger partial charge on any atom is 0.309 e. The zero-order chi connectivity index (χ0) is 17.9. The fourth-order valence-corrected chi connectivity index (χ4v) is 3.29. The SMILES string of the molecule is Cc1cc(C(C)(C)C)ccc1C(=O)C(C)OC(=O)C1CCCCC1. The molecule has 0 aromatic heterocycles. The molecule has 0 amide bonds. The minimum atomic E-state index is -0.724. The van der Waals surface area contributed by atoms with Gasteiger partial charge in [0.1, 0.15) is 0 Å². The van der Waals surface area contributed by atoms with Crippen LogP contribution in [0.25, 0.3) is 0 Å². The van der Waals surface area contributed by atoms with Crippen LogP contribution in [0, 0.1) is 12.8 Å². The molecule has 3 heteroatoms. The highest BCUT2D eigenvalue weighted by Gasteiger charge is 2.27. The van der Waals surface area contributed by atoms with Gasteiger partial charge in [0.2, 0.25) is 5.78 Å². The molecule has 0 spiro atoms. The maximum absolute atomic E-state index is 12.7. The Morgan fingerprint density at radius 2 is 1.75 bits per heavy atom. The van der Waals surface area contributed by atoms with E-state index in [1.165, 1.54) is 12.0 Å². The molecule has 1 saturated carbocycles. The van der Waals surface area contributed by atoms with Crippen molar-refractivity contribution in [3.63, 3.8) is 0 Å². The van der Waals surface area contributed by atoms with Crippen LogP contribution in [-0.4, -0.2) is 17.9 Å². The van der Waals surface area contributed by atoms with Crippen molar-refractivity contribution < 1.29 is 14.3 Å². The molecule has 0 bridgehead atoms. The summed E-state index contributed by atoms with van der Waals surface area (Å²) in [6.45, 7) is 10.1. The molecular weight excluding hydrogens is 300 g/mol. The Hall–Kier alpha value is -1.64. The van der Waals surface area contributed by atoms with Gasteiger partial charge in [0.25, 0.3) is 0 Å². The van der Waals surface area contributed by atoms with Gasteiger partial charge in [0.15, 0.2) is 6.10 Å². The molecule has 1 aromatic rings. The number of aryl methyl sites for hydroxylation is 1. The molecular formula is C21H30O3. The van der Waals surface area contributed by atoms with Crippen molar-refractivity contribution in [3.05, 3.63) is 34.9 Å². The topological polar surface area (TPSA) is 43.4 Å². The predicted octanol–water partition coefficient (Wildman–Crippen LogP) is 4.99. The van der Waals surface area contributed by atoms with Crippen LogP contribution >= 0.6 is 0 Å². The van der Waals surface area contributed by atoms with Crippen molar-refractivity contribution >= 4 is 11.8 Å². The van der Waals surface area contributed by atoms with Crippen LogP contribution in [0.4, 0.5) is 0 Å². The minimum Gasteiger partial charge on any atom is -0.454 e. The van der Waals surface area contributed by atoms with Gasteiger partial charge in [0, 0.05) is 5.56 Å². The number of ketones is 1. The normalized spacial score (nSPS) is 17.4. The van der Waals surface area contributed by atoms with Crippen LogP contribution in [0.3, 0.4) is 0 Å². The maximum atomic E-state index is 12.7. The number of carbonyl (C=O) groups is 2. The van der Waals surface area contributed by atoms with Crippen molar-refractivity contribution in [1.82, 2.24) is 0 Å². The Morgan fingerprint density at radius 3 is 2.29 bits per heavy atom. The summed E-state index contributed by atoms with van der Waals surface area (Å²) in [5.41, 5.74) is 2.83. The lowest BCUT2D eigenvalue weighted by Crippen LogP contribution is -2.29. The molecule has 1 aliphatic carbocycles. The third-order valence-electron chi connectivity index (χ3n) is 4.96. The Balaban J connectivity index is 2.06. The zero-order valence-corrected chi connectivity index (χ0v) is 15.6. The number of ether oxygens (including phenoxy) is 1. The second-order valence-electron chi connectivity index (χ2n) is 8.06. The van der Waals surface area contributed by atoms with E-state index in [0.29, 0.717) is 5.56 Å². The van der Waals surface area contributed by atoms with Gasteiger partial charge in [-0.05, 0) is 43.2 Å². The van der Waals surface area contributed by atoms with E-state index in [9.17, 15) is 9.59 Å². The average molecular weight is 330 g/mol. The monoisotopic (exact) mass is 330 g/mol.